The summed E-state index contributed by atoms with van der Waals surface area (Å²) < 4.78 is 25.1. The zero-order valence-corrected chi connectivity index (χ0v) is 36.0. The van der Waals surface area contributed by atoms with Crippen molar-refractivity contribution >= 4 is 23.3 Å². The van der Waals surface area contributed by atoms with E-state index in [9.17, 15) is 44.9 Å². The third kappa shape index (κ3) is 12.5. The van der Waals surface area contributed by atoms with Crippen LogP contribution in [0.1, 0.15) is 80.2 Å². The van der Waals surface area contributed by atoms with Crippen LogP contribution in [-0.2, 0) is 39.8 Å². The molecule has 1 amide bonds. The fraction of sp³-hybridized carbons (Fsp3) is 0.780. The molecule has 58 heavy (non-hydrogen) atoms. The molecule has 2 heterocycles. The van der Waals surface area contributed by atoms with Gasteiger partial charge in [-0.15, -0.1) is 0 Å². The Labute approximate surface area is 342 Å². The fourth-order valence-corrected chi connectivity index (χ4v) is 8.13. The normalized spacial score (nSPS) is 36.5. The Bertz CT molecular complexity index is 1530. The zero-order valence-electron chi connectivity index (χ0n) is 36.0. The lowest BCUT2D eigenvalue weighted by molar-refractivity contribution is -0.384. The number of aliphatic hydroxyl groups is 4. The number of nitro groups is 1. The number of likely N-dealkylation sites (N-methyl/N-ethyl adjacent to an activating group) is 2. The monoisotopic (exact) mass is 824 g/mol. The van der Waals surface area contributed by atoms with E-state index in [4.69, 9.17) is 18.9 Å². The number of carbonyl (C=O) groups excluding carboxylic acids is 3. The zero-order chi connectivity index (χ0) is 43.9. The molecule has 5 N–H and O–H groups in total. The number of carbonyl (C=O) groups is 3. The van der Waals surface area contributed by atoms with Crippen LogP contribution in [0.4, 0.5) is 5.69 Å². The maximum Gasteiger partial charge on any atom is 0.316 e. The van der Waals surface area contributed by atoms with Crippen LogP contribution in [0.2, 0.25) is 0 Å². The second-order valence-corrected chi connectivity index (χ2v) is 17.2. The van der Waals surface area contributed by atoms with Crippen molar-refractivity contribution in [1.29, 1.82) is 0 Å². The summed E-state index contributed by atoms with van der Waals surface area (Å²) in [6, 6.07) is 5.19. The smallest absolute Gasteiger partial charge is 0.316 e. The molecule has 17 nitrogen and oxygen atoms in total. The van der Waals surface area contributed by atoms with Gasteiger partial charge in [-0.1, -0.05) is 32.9 Å². The second kappa shape index (κ2) is 20.9. The molecule has 1 aromatic carbocycles. The van der Waals surface area contributed by atoms with Gasteiger partial charge in [-0.3, -0.25) is 24.5 Å². The van der Waals surface area contributed by atoms with Crippen LogP contribution in [0.25, 0.3) is 0 Å². The number of cyclic esters (lactones) is 1. The first-order chi connectivity index (χ1) is 26.9. The summed E-state index contributed by atoms with van der Waals surface area (Å²) in [5, 5.41) is 59.5. The van der Waals surface area contributed by atoms with E-state index in [0.29, 0.717) is 19.4 Å². The largest absolute Gasteiger partial charge is 0.459 e. The number of non-ortho nitro benzene ring substituents is 1. The van der Waals surface area contributed by atoms with Crippen molar-refractivity contribution in [2.75, 3.05) is 40.8 Å². The number of nitrogens with zero attached hydrogens (tertiary/aromatic N) is 3. The Balaban J connectivity index is 2.01. The molecule has 0 bridgehead atoms. The molecular weight excluding hydrogens is 756 g/mol. The van der Waals surface area contributed by atoms with E-state index in [2.05, 4.69) is 5.32 Å². The number of rotatable bonds is 13. The minimum atomic E-state index is -2.05. The number of hydrogen-bond acceptors (Lipinski definition) is 15. The molecule has 1 aromatic rings. The number of ketones is 1. The number of nitrogens with one attached hydrogen (secondary N) is 1. The Kier molecular flexibility index (Phi) is 17.7. The highest BCUT2D eigenvalue weighted by atomic mass is 16.7. The van der Waals surface area contributed by atoms with Gasteiger partial charge in [0.15, 0.2) is 12.1 Å². The molecule has 2 fully saturated rings. The van der Waals surface area contributed by atoms with Crippen LogP contribution >= 0.6 is 0 Å². The first-order valence-electron chi connectivity index (χ1n) is 20.3. The first-order valence-corrected chi connectivity index (χ1v) is 20.3. The SMILES string of the molecule is CC[C@H]1OC(=O)[C@H](C)C(=O)[C@H](C)[C@@H](O[C@@H]2O[C@H](C)C[C@H](N(C)C)[C@H]2O)[C@](C)(OCC(O)CN(C)CCc2ccc([N+](=O)[O-])cc2)C[C@@H](C)NC(=O)[C@H](C)[C@H](O)[C@@]1(C)O. The van der Waals surface area contributed by atoms with E-state index in [1.807, 2.05) is 37.9 Å². The van der Waals surface area contributed by atoms with Crippen molar-refractivity contribution in [3.63, 3.8) is 0 Å². The van der Waals surface area contributed by atoms with Gasteiger partial charge in [-0.05, 0) is 87.0 Å². The van der Waals surface area contributed by atoms with E-state index >= 15 is 0 Å². The molecule has 0 aromatic heterocycles. The summed E-state index contributed by atoms with van der Waals surface area (Å²) in [5.41, 5.74) is -2.68. The number of hydrogen-bond donors (Lipinski definition) is 5. The maximum atomic E-state index is 14.4. The highest BCUT2D eigenvalue weighted by Crippen LogP contribution is 2.36. The molecule has 14 atom stereocenters. The van der Waals surface area contributed by atoms with Gasteiger partial charge >= 0.3 is 5.97 Å². The van der Waals surface area contributed by atoms with Crippen LogP contribution in [0, 0.1) is 27.9 Å². The Morgan fingerprint density at radius 1 is 1.03 bits per heavy atom. The fourth-order valence-electron chi connectivity index (χ4n) is 8.13. The predicted molar refractivity (Wildman–Crippen MR) is 213 cm³/mol. The number of esters is 1. The molecule has 330 valence electrons. The van der Waals surface area contributed by atoms with Crippen molar-refractivity contribution in [3.8, 4) is 0 Å². The summed E-state index contributed by atoms with van der Waals surface area (Å²) in [5.74, 6) is -5.77. The summed E-state index contributed by atoms with van der Waals surface area (Å²) in [4.78, 5) is 55.9. The van der Waals surface area contributed by atoms with Crippen LogP contribution in [0.5, 0.6) is 0 Å². The van der Waals surface area contributed by atoms with Crippen LogP contribution in [-0.4, -0.2) is 160 Å². The third-order valence-corrected chi connectivity index (χ3v) is 11.8. The Morgan fingerprint density at radius 3 is 2.22 bits per heavy atom. The maximum absolute atomic E-state index is 14.4. The van der Waals surface area contributed by atoms with Crippen molar-refractivity contribution in [1.82, 2.24) is 15.1 Å². The standard InChI is InChI=1S/C41H68N4O13/c1-12-32-41(8,52)35(49)27(6)37(50)42-23(2)20-40(7,55-22-30(46)21-44(11)18-17-28-13-15-29(16-14-28)45(53)54)36(25(4)33(47)26(5)38(51)57-32)58-39-34(48)31(43(9)10)19-24(3)56-39/h13-16,23-27,30-32,34-36,39,46,48-49,52H,12,17-22H2,1-11H3,(H,42,50)/t23-,24-,25+,26-,27-,30?,31+,32-,34-,35+,36-,39+,40-,41+/m1/s1. The van der Waals surface area contributed by atoms with Crippen molar-refractivity contribution in [2.24, 2.45) is 17.8 Å². The average Bonchev–Trinajstić information content (AvgIpc) is 3.16. The van der Waals surface area contributed by atoms with Gasteiger partial charge in [0.05, 0.1) is 47.5 Å². The van der Waals surface area contributed by atoms with E-state index < -0.39 is 94.4 Å². The predicted octanol–water partition coefficient (Wildman–Crippen LogP) is 1.84. The molecular formula is C41H68N4O13. The van der Waals surface area contributed by atoms with Crippen molar-refractivity contribution in [3.05, 3.63) is 39.9 Å². The quantitative estimate of drug-likeness (QED) is 0.0827. The van der Waals surface area contributed by atoms with Gasteiger partial charge < -0.3 is 54.5 Å². The molecule has 2 saturated heterocycles. The van der Waals surface area contributed by atoms with E-state index in [1.165, 1.54) is 32.9 Å². The van der Waals surface area contributed by atoms with Crippen molar-refractivity contribution in [2.45, 2.75) is 147 Å². The molecule has 0 aliphatic carbocycles. The summed E-state index contributed by atoms with van der Waals surface area (Å²) >= 11 is 0. The summed E-state index contributed by atoms with van der Waals surface area (Å²) in [6.45, 7) is 13.0. The molecule has 3 rings (SSSR count). The summed E-state index contributed by atoms with van der Waals surface area (Å²) in [6.07, 6.45) is -6.81. The number of nitro benzene ring substituents is 1. The lowest BCUT2D eigenvalue weighted by Gasteiger charge is -2.47. The van der Waals surface area contributed by atoms with Crippen LogP contribution in [0.3, 0.4) is 0 Å². The van der Waals surface area contributed by atoms with E-state index in [-0.39, 0.29) is 43.8 Å². The van der Waals surface area contributed by atoms with E-state index in [0.717, 1.165) is 5.56 Å². The molecule has 0 saturated carbocycles. The molecule has 17 heteroatoms. The molecule has 2 aliphatic rings. The number of amides is 1. The third-order valence-electron chi connectivity index (χ3n) is 11.8. The molecule has 2 aliphatic heterocycles. The lowest BCUT2D eigenvalue weighted by atomic mass is 9.79. The van der Waals surface area contributed by atoms with Crippen LogP contribution in [0.15, 0.2) is 24.3 Å². The Morgan fingerprint density at radius 2 is 1.66 bits per heavy atom. The van der Waals surface area contributed by atoms with Crippen LogP contribution < -0.4 is 5.32 Å². The second-order valence-electron chi connectivity index (χ2n) is 17.2. The molecule has 1 unspecified atom stereocenters. The van der Waals surface area contributed by atoms with Gasteiger partial charge in [0, 0.05) is 43.2 Å². The van der Waals surface area contributed by atoms with Gasteiger partial charge in [0.1, 0.15) is 23.7 Å². The average molecular weight is 825 g/mol. The highest BCUT2D eigenvalue weighted by Gasteiger charge is 2.51. The highest BCUT2D eigenvalue weighted by molar-refractivity contribution is 6.00. The topological polar surface area (TPSA) is 231 Å². The Hall–Kier alpha value is -3.13. The number of Topliss-reactive ketones (excluding diaryl/α,β-unsaturated/α-hetero) is 1. The minimum Gasteiger partial charge on any atom is -0.459 e. The number of aliphatic hydroxyl groups excluding tert-OH is 3. The first kappa shape index (κ1) is 49.2. The van der Waals surface area contributed by atoms with Gasteiger partial charge in [-0.2, -0.15) is 0 Å². The lowest BCUT2D eigenvalue weighted by Crippen LogP contribution is -2.60. The molecule has 0 spiro atoms. The molecule has 0 radical (unpaired) electrons. The number of benzene rings is 1. The van der Waals surface area contributed by atoms with E-state index in [1.54, 1.807) is 39.8 Å². The van der Waals surface area contributed by atoms with Gasteiger partial charge in [0.2, 0.25) is 5.91 Å². The number of ether oxygens (including phenoxy) is 4. The van der Waals surface area contributed by atoms with Gasteiger partial charge in [-0.25, -0.2) is 0 Å². The van der Waals surface area contributed by atoms with Crippen molar-refractivity contribution < 1.29 is 58.7 Å². The summed E-state index contributed by atoms with van der Waals surface area (Å²) in [7, 11) is 5.46. The minimum absolute atomic E-state index is 0.00464. The van der Waals surface area contributed by atoms with Gasteiger partial charge in [0.25, 0.3) is 5.69 Å².